The molecule has 22 heavy (non-hydrogen) atoms. The smallest absolute Gasteiger partial charge is 0.412 e. The molecule has 2 aromatic rings. The third-order valence-electron chi connectivity index (χ3n) is 2.03. The van der Waals surface area contributed by atoms with Crippen molar-refractivity contribution >= 4 is 22.4 Å². The number of anilines is 1. The Labute approximate surface area is 131 Å². The lowest BCUT2D eigenvalue weighted by molar-refractivity contribution is 0.168. The van der Waals surface area contributed by atoms with Crippen LogP contribution >= 0.6 is 11.3 Å². The van der Waals surface area contributed by atoms with Crippen molar-refractivity contribution in [2.75, 3.05) is 11.9 Å². The SMILES string of the molecule is CCC.CCOC(=O)Nc1sc(-c2cncc(F)c2)nc1F. The first kappa shape index (κ1) is 18.0. The molecule has 0 radical (unpaired) electrons. The molecule has 1 N–H and O–H groups in total. The standard InChI is InChI=1S/C11H9F2N3O2S.C3H8/c1-2-18-11(17)16-10-8(13)15-9(19-10)6-3-7(12)5-14-4-6;1-3-2/h3-5H,2H2,1H3,(H,16,17);3H2,1-2H3. The van der Waals surface area contributed by atoms with Gasteiger partial charge in [-0.3, -0.25) is 10.3 Å². The van der Waals surface area contributed by atoms with Crippen molar-refractivity contribution in [3.63, 3.8) is 0 Å². The van der Waals surface area contributed by atoms with E-state index in [1.54, 1.807) is 6.92 Å². The minimum atomic E-state index is -0.850. The average molecular weight is 329 g/mol. The number of nitrogens with one attached hydrogen (secondary N) is 1. The third kappa shape index (κ3) is 5.36. The summed E-state index contributed by atoms with van der Waals surface area (Å²) in [5.74, 6) is -1.40. The summed E-state index contributed by atoms with van der Waals surface area (Å²) in [6.45, 7) is 6.05. The Morgan fingerprint density at radius 1 is 1.32 bits per heavy atom. The molecular weight excluding hydrogens is 312 g/mol. The van der Waals surface area contributed by atoms with Gasteiger partial charge in [-0.15, -0.1) is 0 Å². The molecule has 8 heteroatoms. The van der Waals surface area contributed by atoms with Gasteiger partial charge in [0.05, 0.1) is 12.8 Å². The fourth-order valence-corrected chi connectivity index (χ4v) is 2.10. The van der Waals surface area contributed by atoms with Crippen LogP contribution in [-0.4, -0.2) is 22.7 Å². The molecule has 0 spiro atoms. The molecule has 2 aromatic heterocycles. The van der Waals surface area contributed by atoms with E-state index >= 15 is 0 Å². The lowest BCUT2D eigenvalue weighted by Crippen LogP contribution is -2.13. The van der Waals surface area contributed by atoms with Crippen LogP contribution in [0.25, 0.3) is 10.6 Å². The zero-order valence-electron chi connectivity index (χ0n) is 12.5. The summed E-state index contributed by atoms with van der Waals surface area (Å²) in [6.07, 6.45) is 2.87. The van der Waals surface area contributed by atoms with Crippen LogP contribution in [0.5, 0.6) is 0 Å². The Kier molecular flexibility index (Phi) is 7.38. The monoisotopic (exact) mass is 329 g/mol. The zero-order chi connectivity index (χ0) is 16.5. The molecule has 0 fully saturated rings. The first-order valence-corrected chi connectivity index (χ1v) is 7.54. The number of halogens is 2. The summed E-state index contributed by atoms with van der Waals surface area (Å²) < 4.78 is 31.1. The molecule has 2 rings (SSSR count). The van der Waals surface area contributed by atoms with E-state index in [4.69, 9.17) is 0 Å². The minimum Gasteiger partial charge on any atom is -0.450 e. The molecule has 2 heterocycles. The van der Waals surface area contributed by atoms with Crippen LogP contribution in [0.1, 0.15) is 27.2 Å². The molecule has 0 aliphatic carbocycles. The molecule has 0 bridgehead atoms. The summed E-state index contributed by atoms with van der Waals surface area (Å²) >= 11 is 0.871. The normalized spacial score (nSPS) is 9.68. The van der Waals surface area contributed by atoms with E-state index in [1.165, 1.54) is 18.7 Å². The Bertz CT molecular complexity index is 620. The second-order valence-electron chi connectivity index (χ2n) is 4.08. The molecule has 0 aromatic carbocycles. The van der Waals surface area contributed by atoms with Crippen molar-refractivity contribution in [3.8, 4) is 10.6 Å². The van der Waals surface area contributed by atoms with Crippen molar-refractivity contribution in [1.29, 1.82) is 0 Å². The van der Waals surface area contributed by atoms with Crippen LogP contribution in [0.15, 0.2) is 18.5 Å². The van der Waals surface area contributed by atoms with Crippen molar-refractivity contribution < 1.29 is 18.3 Å². The number of nitrogens with zero attached hydrogens (tertiary/aromatic N) is 2. The van der Waals surface area contributed by atoms with E-state index < -0.39 is 17.9 Å². The highest BCUT2D eigenvalue weighted by Gasteiger charge is 2.15. The van der Waals surface area contributed by atoms with Crippen LogP contribution in [0.2, 0.25) is 0 Å². The number of carbonyl (C=O) groups is 1. The maximum absolute atomic E-state index is 13.5. The summed E-state index contributed by atoms with van der Waals surface area (Å²) in [4.78, 5) is 18.4. The first-order valence-electron chi connectivity index (χ1n) is 6.72. The molecule has 0 aliphatic heterocycles. The van der Waals surface area contributed by atoms with Crippen molar-refractivity contribution in [3.05, 3.63) is 30.2 Å². The van der Waals surface area contributed by atoms with Gasteiger partial charge in [0.2, 0.25) is 5.95 Å². The van der Waals surface area contributed by atoms with Gasteiger partial charge < -0.3 is 4.74 Å². The van der Waals surface area contributed by atoms with Gasteiger partial charge in [0.25, 0.3) is 0 Å². The number of ether oxygens (including phenoxy) is 1. The number of aromatic nitrogens is 2. The average Bonchev–Trinajstić information content (AvgIpc) is 2.81. The molecule has 1 amide bonds. The van der Waals surface area contributed by atoms with E-state index in [-0.39, 0.29) is 16.6 Å². The maximum atomic E-state index is 13.5. The second kappa shape index (κ2) is 9.04. The number of pyridine rings is 1. The van der Waals surface area contributed by atoms with Gasteiger partial charge in [0.1, 0.15) is 10.8 Å². The Morgan fingerprint density at radius 3 is 2.59 bits per heavy atom. The molecule has 0 aliphatic rings. The minimum absolute atomic E-state index is 0.0855. The quantitative estimate of drug-likeness (QED) is 0.902. The highest BCUT2D eigenvalue weighted by atomic mass is 32.1. The van der Waals surface area contributed by atoms with Crippen LogP contribution in [-0.2, 0) is 4.74 Å². The van der Waals surface area contributed by atoms with E-state index in [2.05, 4.69) is 33.9 Å². The van der Waals surface area contributed by atoms with E-state index in [1.807, 2.05) is 0 Å². The van der Waals surface area contributed by atoms with Crippen LogP contribution in [0.3, 0.4) is 0 Å². The molecule has 0 saturated heterocycles. The molecule has 0 atom stereocenters. The number of amides is 1. The highest BCUT2D eigenvalue weighted by Crippen LogP contribution is 2.31. The van der Waals surface area contributed by atoms with Crippen LogP contribution in [0.4, 0.5) is 18.6 Å². The van der Waals surface area contributed by atoms with Crippen molar-refractivity contribution in [2.45, 2.75) is 27.2 Å². The van der Waals surface area contributed by atoms with Gasteiger partial charge in [-0.25, -0.2) is 14.2 Å². The van der Waals surface area contributed by atoms with Gasteiger partial charge in [-0.2, -0.15) is 4.39 Å². The fraction of sp³-hybridized carbons (Fsp3) is 0.357. The summed E-state index contributed by atoms with van der Waals surface area (Å²) in [5.41, 5.74) is 0.334. The number of thiazole rings is 1. The first-order chi connectivity index (χ1) is 10.5. The van der Waals surface area contributed by atoms with Gasteiger partial charge in [0, 0.05) is 11.8 Å². The largest absolute Gasteiger partial charge is 0.450 e. The Morgan fingerprint density at radius 2 is 2.00 bits per heavy atom. The number of rotatable bonds is 3. The number of hydrogen-bond donors (Lipinski definition) is 1. The van der Waals surface area contributed by atoms with Gasteiger partial charge in [-0.1, -0.05) is 31.6 Å². The van der Waals surface area contributed by atoms with E-state index in [0.29, 0.717) is 5.56 Å². The highest BCUT2D eigenvalue weighted by molar-refractivity contribution is 7.19. The van der Waals surface area contributed by atoms with E-state index in [9.17, 15) is 13.6 Å². The van der Waals surface area contributed by atoms with E-state index in [0.717, 1.165) is 17.5 Å². The van der Waals surface area contributed by atoms with Crippen LogP contribution in [0, 0.1) is 11.8 Å². The molecular formula is C14H17F2N3O2S. The summed E-state index contributed by atoms with van der Waals surface area (Å²) in [5, 5.41) is 2.35. The second-order valence-corrected chi connectivity index (χ2v) is 5.08. The molecule has 0 saturated carbocycles. The van der Waals surface area contributed by atoms with Gasteiger partial charge in [0.15, 0.2) is 5.00 Å². The number of carbonyl (C=O) groups excluding carboxylic acids is 1. The Hall–Kier alpha value is -2.09. The fourth-order valence-electron chi connectivity index (χ4n) is 1.29. The molecule has 120 valence electrons. The molecule has 5 nitrogen and oxygen atoms in total. The predicted molar refractivity (Wildman–Crippen MR) is 81.9 cm³/mol. The van der Waals surface area contributed by atoms with Crippen molar-refractivity contribution in [2.24, 2.45) is 0 Å². The Balaban J connectivity index is 0.000000745. The lowest BCUT2D eigenvalue weighted by Gasteiger charge is -2.01. The zero-order valence-corrected chi connectivity index (χ0v) is 13.3. The van der Waals surface area contributed by atoms with Crippen LogP contribution < -0.4 is 5.32 Å². The maximum Gasteiger partial charge on any atom is 0.412 e. The van der Waals surface area contributed by atoms with Gasteiger partial charge >= 0.3 is 6.09 Å². The topological polar surface area (TPSA) is 64.1 Å². The summed E-state index contributed by atoms with van der Waals surface area (Å²) in [7, 11) is 0. The van der Waals surface area contributed by atoms with Gasteiger partial charge in [-0.05, 0) is 13.0 Å². The summed E-state index contributed by atoms with van der Waals surface area (Å²) in [6, 6.07) is 1.18. The van der Waals surface area contributed by atoms with Crippen molar-refractivity contribution in [1.82, 2.24) is 9.97 Å². The predicted octanol–water partition coefficient (Wildman–Crippen LogP) is 4.47. The third-order valence-corrected chi connectivity index (χ3v) is 3.02. The lowest BCUT2D eigenvalue weighted by atomic mass is 10.3. The number of hydrogen-bond acceptors (Lipinski definition) is 5. The molecule has 0 unspecified atom stereocenters.